The fourth-order valence-electron chi connectivity index (χ4n) is 3.36. The summed E-state index contributed by atoms with van der Waals surface area (Å²) in [6, 6.07) is 16.8. The smallest absolute Gasteiger partial charge is 0.412 e. The summed E-state index contributed by atoms with van der Waals surface area (Å²) in [5, 5.41) is 15.7. The Morgan fingerprint density at radius 3 is 2.71 bits per heavy atom. The van der Waals surface area contributed by atoms with Crippen molar-refractivity contribution in [2.24, 2.45) is 0 Å². The normalized spacial score (nSPS) is 12.8. The molecule has 0 fully saturated rings. The molecule has 0 saturated heterocycles. The summed E-state index contributed by atoms with van der Waals surface area (Å²) in [4.78, 5) is 25.0. The molecule has 0 aliphatic carbocycles. The number of rotatable bonds is 7. The van der Waals surface area contributed by atoms with E-state index in [1.54, 1.807) is 60.7 Å². The second-order valence-electron chi connectivity index (χ2n) is 7.50. The Hall–Kier alpha value is -3.93. The third-order valence-electron chi connectivity index (χ3n) is 5.04. The number of para-hydroxylation sites is 2. The molecule has 35 heavy (non-hydrogen) atoms. The van der Waals surface area contributed by atoms with Crippen LogP contribution in [0.3, 0.4) is 0 Å². The van der Waals surface area contributed by atoms with Crippen LogP contribution in [0.5, 0.6) is 17.2 Å². The van der Waals surface area contributed by atoms with Gasteiger partial charge < -0.3 is 30.4 Å². The van der Waals surface area contributed by atoms with Gasteiger partial charge in [-0.2, -0.15) is 0 Å². The van der Waals surface area contributed by atoms with Crippen LogP contribution in [0.2, 0.25) is 0 Å². The molecule has 3 aromatic carbocycles. The van der Waals surface area contributed by atoms with Gasteiger partial charge in [0, 0.05) is 27.3 Å². The van der Waals surface area contributed by atoms with Gasteiger partial charge in [0.25, 0.3) is 0 Å². The first-order valence-electron chi connectivity index (χ1n) is 10.6. The minimum Gasteiger partial charge on any atom is -0.508 e. The number of anilines is 3. The van der Waals surface area contributed by atoms with Crippen LogP contribution in [0, 0.1) is 3.57 Å². The van der Waals surface area contributed by atoms with E-state index in [9.17, 15) is 14.7 Å². The van der Waals surface area contributed by atoms with E-state index in [-0.39, 0.29) is 19.0 Å². The molecule has 0 unspecified atom stereocenters. The molecule has 10 heteroatoms. The number of carbonyl (C=O) groups is 2. The van der Waals surface area contributed by atoms with Crippen molar-refractivity contribution in [3.8, 4) is 17.2 Å². The predicted molar refractivity (Wildman–Crippen MR) is 139 cm³/mol. The minimum atomic E-state index is -0.857. The van der Waals surface area contributed by atoms with E-state index in [4.69, 9.17) is 19.9 Å². The van der Waals surface area contributed by atoms with Crippen LogP contribution in [0.4, 0.5) is 21.9 Å². The van der Waals surface area contributed by atoms with Crippen LogP contribution in [0.1, 0.15) is 18.1 Å². The monoisotopic (exact) mass is 587 g/mol. The lowest BCUT2D eigenvalue weighted by atomic mass is 10.0. The van der Waals surface area contributed by atoms with E-state index in [0.29, 0.717) is 34.1 Å². The first-order valence-corrected chi connectivity index (χ1v) is 11.6. The van der Waals surface area contributed by atoms with E-state index < -0.39 is 18.1 Å². The summed E-state index contributed by atoms with van der Waals surface area (Å²) < 4.78 is 17.1. The van der Waals surface area contributed by atoms with Gasteiger partial charge in [0.05, 0.1) is 11.4 Å². The van der Waals surface area contributed by atoms with E-state index in [1.165, 1.54) is 12.1 Å². The van der Waals surface area contributed by atoms with Crippen molar-refractivity contribution < 1.29 is 28.9 Å². The quantitative estimate of drug-likeness (QED) is 0.170. The maximum atomic E-state index is 12.7. The first-order chi connectivity index (χ1) is 16.9. The van der Waals surface area contributed by atoms with Crippen LogP contribution in [0.15, 0.2) is 72.8 Å². The fraction of sp³-hybridized carbons (Fsp3) is 0.120. The molecule has 0 spiro atoms. The van der Waals surface area contributed by atoms with Gasteiger partial charge in [0.1, 0.15) is 11.9 Å². The van der Waals surface area contributed by atoms with Gasteiger partial charge in [0.15, 0.2) is 11.5 Å². The third kappa shape index (κ3) is 6.35. The number of ether oxygens (including phenoxy) is 3. The van der Waals surface area contributed by atoms with Gasteiger partial charge in [0.2, 0.25) is 12.7 Å². The topological polar surface area (TPSA) is 132 Å². The standard InChI is InChI=1S/C25H22IN3O6/c26-15-8-10-20(30)17(12-15)21(6-3-7-24(31)29-19-5-2-1-4-18(19)27)35-25(32)28-16-9-11-22-23(13-16)34-14-33-22/h1-5,7-13,21,30H,6,14,27H2,(H,28,32)(H,29,31)/b7-3+/t21-/m1/s1. The van der Waals surface area contributed by atoms with E-state index in [0.717, 1.165) is 3.57 Å². The van der Waals surface area contributed by atoms with E-state index in [1.807, 2.05) is 0 Å². The van der Waals surface area contributed by atoms with Crippen molar-refractivity contribution in [3.05, 3.63) is 81.9 Å². The Morgan fingerprint density at radius 1 is 1.09 bits per heavy atom. The summed E-state index contributed by atoms with van der Waals surface area (Å²) >= 11 is 2.10. The zero-order chi connectivity index (χ0) is 24.8. The molecule has 5 N–H and O–H groups in total. The van der Waals surface area contributed by atoms with Gasteiger partial charge in [-0.15, -0.1) is 0 Å². The van der Waals surface area contributed by atoms with Crippen molar-refractivity contribution in [1.82, 2.24) is 0 Å². The number of halogens is 1. The van der Waals surface area contributed by atoms with Crippen molar-refractivity contribution in [3.63, 3.8) is 0 Å². The number of carbonyl (C=O) groups excluding carboxylic acids is 2. The lowest BCUT2D eigenvalue weighted by Gasteiger charge is -2.19. The number of amides is 2. The Balaban J connectivity index is 1.45. The molecule has 2 amide bonds. The average molecular weight is 587 g/mol. The SMILES string of the molecule is Nc1ccccc1NC(=O)/C=C/C[C@@H](OC(=O)Nc1ccc2c(c1)OCO2)c1cc(I)ccc1O. The number of phenols is 1. The second kappa shape index (κ2) is 11.0. The van der Waals surface area contributed by atoms with E-state index >= 15 is 0 Å². The summed E-state index contributed by atoms with van der Waals surface area (Å²) in [6.45, 7) is 0.119. The lowest BCUT2D eigenvalue weighted by Crippen LogP contribution is -2.18. The van der Waals surface area contributed by atoms with Gasteiger partial charge in [-0.25, -0.2) is 4.79 Å². The molecule has 180 valence electrons. The van der Waals surface area contributed by atoms with E-state index in [2.05, 4.69) is 33.2 Å². The van der Waals surface area contributed by atoms with Crippen LogP contribution < -0.4 is 25.8 Å². The minimum absolute atomic E-state index is 0.0267. The van der Waals surface area contributed by atoms with Gasteiger partial charge in [-0.05, 0) is 71.1 Å². The molecule has 0 aromatic heterocycles. The number of phenolic OH excluding ortho intramolecular Hbond substituents is 1. The molecule has 3 aromatic rings. The Labute approximate surface area is 215 Å². The van der Waals surface area contributed by atoms with Crippen molar-refractivity contribution in [1.29, 1.82) is 0 Å². The number of fused-ring (bicyclic) bond motifs is 1. The van der Waals surface area contributed by atoms with Crippen molar-refractivity contribution in [2.45, 2.75) is 12.5 Å². The van der Waals surface area contributed by atoms with Crippen molar-refractivity contribution in [2.75, 3.05) is 23.2 Å². The fourth-order valence-corrected chi connectivity index (χ4v) is 3.87. The highest BCUT2D eigenvalue weighted by atomic mass is 127. The number of hydrogen-bond acceptors (Lipinski definition) is 7. The average Bonchev–Trinajstić information content (AvgIpc) is 3.29. The lowest BCUT2D eigenvalue weighted by molar-refractivity contribution is -0.111. The maximum Gasteiger partial charge on any atom is 0.412 e. The number of nitrogen functional groups attached to an aromatic ring is 1. The molecule has 1 heterocycles. The number of nitrogens with two attached hydrogens (primary N) is 1. The van der Waals surface area contributed by atoms with Crippen molar-refractivity contribution >= 4 is 51.7 Å². The summed E-state index contributed by atoms with van der Waals surface area (Å²) in [5.41, 5.74) is 7.66. The Bertz CT molecular complexity index is 1280. The zero-order valence-corrected chi connectivity index (χ0v) is 20.5. The molecular formula is C25H22IN3O6. The van der Waals surface area contributed by atoms with Crippen LogP contribution >= 0.6 is 22.6 Å². The molecule has 9 nitrogen and oxygen atoms in total. The highest BCUT2D eigenvalue weighted by Crippen LogP contribution is 2.35. The van der Waals surface area contributed by atoms with Crippen LogP contribution in [-0.2, 0) is 9.53 Å². The third-order valence-corrected chi connectivity index (χ3v) is 5.71. The number of benzene rings is 3. The molecule has 0 bridgehead atoms. The summed E-state index contributed by atoms with van der Waals surface area (Å²) in [7, 11) is 0. The van der Waals surface area contributed by atoms with Gasteiger partial charge in [-0.1, -0.05) is 18.2 Å². The molecular weight excluding hydrogens is 565 g/mol. The predicted octanol–water partition coefficient (Wildman–Crippen LogP) is 5.18. The maximum absolute atomic E-state index is 12.7. The number of hydrogen-bond donors (Lipinski definition) is 4. The highest BCUT2D eigenvalue weighted by molar-refractivity contribution is 14.1. The molecule has 0 saturated carbocycles. The second-order valence-corrected chi connectivity index (χ2v) is 8.75. The van der Waals surface area contributed by atoms with Crippen LogP contribution in [-0.4, -0.2) is 23.9 Å². The molecule has 1 aliphatic rings. The largest absolute Gasteiger partial charge is 0.508 e. The molecule has 1 atom stereocenters. The first kappa shape index (κ1) is 24.2. The summed E-state index contributed by atoms with van der Waals surface area (Å²) in [6.07, 6.45) is 1.43. The zero-order valence-electron chi connectivity index (χ0n) is 18.4. The molecule has 0 radical (unpaired) electrons. The van der Waals surface area contributed by atoms with Gasteiger partial charge in [-0.3, -0.25) is 10.1 Å². The molecule has 4 rings (SSSR count). The summed E-state index contributed by atoms with van der Waals surface area (Å²) in [5.74, 6) is 0.688. The van der Waals surface area contributed by atoms with Gasteiger partial charge >= 0.3 is 6.09 Å². The Morgan fingerprint density at radius 2 is 1.89 bits per heavy atom. The number of aromatic hydroxyl groups is 1. The Kier molecular flexibility index (Phi) is 7.60. The molecule has 1 aliphatic heterocycles. The highest BCUT2D eigenvalue weighted by Gasteiger charge is 2.21. The van der Waals surface area contributed by atoms with Crippen LogP contribution in [0.25, 0.3) is 0 Å². The number of nitrogens with one attached hydrogen (secondary N) is 2.